The summed E-state index contributed by atoms with van der Waals surface area (Å²) in [5, 5.41) is 0. The second-order valence-corrected chi connectivity index (χ2v) is 9.80. The Bertz CT molecular complexity index is 169. The van der Waals surface area contributed by atoms with E-state index in [2.05, 4.69) is 31.8 Å². The lowest BCUT2D eigenvalue weighted by Gasteiger charge is -1.89. The van der Waals surface area contributed by atoms with Crippen molar-refractivity contribution >= 4 is 41.8 Å². The average Bonchev–Trinajstić information content (AvgIpc) is 2.08. The summed E-state index contributed by atoms with van der Waals surface area (Å²) in [6, 6.07) is 10.6. The normalized spacial score (nSPS) is 7.55. The second-order valence-electron chi connectivity index (χ2n) is 1.72. The molecule has 4 heteroatoms. The van der Waals surface area contributed by atoms with Crippen molar-refractivity contribution in [2.75, 3.05) is 0 Å². The van der Waals surface area contributed by atoms with Gasteiger partial charge in [-0.2, -0.15) is 0 Å². The summed E-state index contributed by atoms with van der Waals surface area (Å²) < 4.78 is 0. The maximum absolute atomic E-state index is 5.33. The van der Waals surface area contributed by atoms with Gasteiger partial charge in [0.05, 0.1) is 0 Å². The van der Waals surface area contributed by atoms with Gasteiger partial charge >= 0.3 is 16.0 Å². The van der Waals surface area contributed by atoms with E-state index in [1.807, 2.05) is 24.3 Å². The number of hydrogen-bond acceptors (Lipinski definition) is 1. The van der Waals surface area contributed by atoms with Gasteiger partial charge in [0.1, 0.15) is 0 Å². The van der Waals surface area contributed by atoms with Gasteiger partial charge in [-0.25, -0.2) is 0 Å². The Morgan fingerprint density at radius 1 is 1.55 bits per heavy atom. The van der Waals surface area contributed by atoms with Crippen molar-refractivity contribution < 1.29 is 0 Å². The van der Waals surface area contributed by atoms with Gasteiger partial charge in [-0.3, -0.25) is 25.8 Å². The highest BCUT2D eigenvalue weighted by Gasteiger charge is 1.80. The summed E-state index contributed by atoms with van der Waals surface area (Å²) in [5.41, 5.74) is 6.46. The molecule has 0 unspecified atom stereocenters. The van der Waals surface area contributed by atoms with Crippen LogP contribution in [0.5, 0.6) is 0 Å². The number of benzene rings is 1. The van der Waals surface area contributed by atoms with E-state index in [0.717, 1.165) is 5.56 Å². The monoisotopic (exact) mass is 288 g/mol. The lowest BCUT2D eigenvalue weighted by molar-refractivity contribution is 1.07. The standard InChI is InChI=1S/C7H8N.2BrH.Mg/c8-6-7-4-2-1-3-5-7;;;/h1-2,4-5H,6,8H2;2*1H;/q;;;+2/p-2. The molecule has 1 radical (unpaired) electrons. The summed E-state index contributed by atoms with van der Waals surface area (Å²) in [5.74, 6) is 0. The van der Waals surface area contributed by atoms with Gasteiger partial charge in [-0.15, -0.1) is 0 Å². The van der Waals surface area contributed by atoms with Crippen LogP contribution in [-0.2, 0) is 6.54 Å². The van der Waals surface area contributed by atoms with Gasteiger partial charge in [0, 0.05) is 6.54 Å². The fourth-order valence-electron chi connectivity index (χ4n) is 0.557. The van der Waals surface area contributed by atoms with Crippen LogP contribution < -0.4 is 5.73 Å². The smallest absolute Gasteiger partial charge is 0.326 e. The van der Waals surface area contributed by atoms with E-state index in [9.17, 15) is 0 Å². The average molecular weight is 290 g/mol. The Labute approximate surface area is 89.2 Å². The minimum Gasteiger partial charge on any atom is -0.326 e. The molecule has 1 aromatic rings. The molecule has 0 amide bonds. The van der Waals surface area contributed by atoms with Crippen molar-refractivity contribution in [1.82, 2.24) is 0 Å². The highest BCUT2D eigenvalue weighted by molar-refractivity contribution is 9.47. The first-order valence-electron chi connectivity index (χ1n) is 3.12. The van der Waals surface area contributed by atoms with Crippen LogP contribution in [0.2, 0.25) is 0 Å². The van der Waals surface area contributed by atoms with E-state index >= 15 is 0 Å². The molecule has 0 spiro atoms. The van der Waals surface area contributed by atoms with Crippen molar-refractivity contribution in [3.8, 4) is 0 Å². The third-order valence-corrected chi connectivity index (χ3v) is 1.01. The predicted molar refractivity (Wildman–Crippen MR) is 56.8 cm³/mol. The summed E-state index contributed by atoms with van der Waals surface area (Å²) in [6.07, 6.45) is 0. The van der Waals surface area contributed by atoms with Crippen molar-refractivity contribution in [2.45, 2.75) is 6.54 Å². The molecule has 0 bridgehead atoms. The molecular formula is C7H8Br2MgN. The Balaban J connectivity index is 0.000000292. The molecule has 2 N–H and O–H groups in total. The molecule has 0 fully saturated rings. The summed E-state index contributed by atoms with van der Waals surface area (Å²) >= 11 is 6.44. The Morgan fingerprint density at radius 2 is 2.18 bits per heavy atom. The Kier molecular flexibility index (Phi) is 9.74. The maximum Gasteiger partial charge on any atom is 0.560 e. The molecule has 0 saturated carbocycles. The zero-order chi connectivity index (χ0) is 8.53. The molecular weight excluding hydrogens is 282 g/mol. The molecule has 0 aliphatic heterocycles. The Morgan fingerprint density at radius 3 is 2.45 bits per heavy atom. The van der Waals surface area contributed by atoms with Crippen molar-refractivity contribution in [3.63, 3.8) is 0 Å². The highest BCUT2D eigenvalue weighted by Crippen LogP contribution is 1.93. The van der Waals surface area contributed by atoms with Crippen molar-refractivity contribution in [1.29, 1.82) is 0 Å². The van der Waals surface area contributed by atoms with Crippen LogP contribution in [-0.4, -0.2) is 16.0 Å². The molecule has 0 aromatic heterocycles. The third-order valence-electron chi connectivity index (χ3n) is 1.01. The molecule has 1 aromatic carbocycles. The van der Waals surface area contributed by atoms with E-state index in [1.54, 1.807) is 0 Å². The van der Waals surface area contributed by atoms with Crippen LogP contribution in [0.15, 0.2) is 24.3 Å². The zero-order valence-electron chi connectivity index (χ0n) is 6.06. The first-order valence-corrected chi connectivity index (χ1v) is 10.9. The highest BCUT2D eigenvalue weighted by atomic mass is 79.9. The molecule has 57 valence electrons. The van der Waals surface area contributed by atoms with Crippen LogP contribution >= 0.6 is 25.8 Å². The van der Waals surface area contributed by atoms with Gasteiger partial charge in [0.2, 0.25) is 0 Å². The third kappa shape index (κ3) is 7.27. The van der Waals surface area contributed by atoms with E-state index in [-0.39, 0.29) is 16.0 Å². The van der Waals surface area contributed by atoms with Gasteiger partial charge in [0.25, 0.3) is 0 Å². The van der Waals surface area contributed by atoms with Gasteiger partial charge < -0.3 is 5.73 Å². The summed E-state index contributed by atoms with van der Waals surface area (Å²) in [6.45, 7) is 0.608. The maximum atomic E-state index is 5.33. The van der Waals surface area contributed by atoms with Crippen molar-refractivity contribution in [3.05, 3.63) is 35.9 Å². The topological polar surface area (TPSA) is 26.0 Å². The molecule has 0 atom stereocenters. The van der Waals surface area contributed by atoms with Gasteiger partial charge in [0.15, 0.2) is 0 Å². The van der Waals surface area contributed by atoms with Gasteiger partial charge in [-0.05, 0) is 17.7 Å². The Hall–Kier alpha value is 0.906. The fraction of sp³-hybridized carbons (Fsp3) is 0.143. The van der Waals surface area contributed by atoms with E-state index in [0.29, 0.717) is 6.54 Å². The number of halogens is 2. The molecule has 11 heavy (non-hydrogen) atoms. The predicted octanol–water partition coefficient (Wildman–Crippen LogP) is 2.26. The first-order chi connectivity index (χ1) is 5.35. The van der Waals surface area contributed by atoms with E-state index in [4.69, 9.17) is 5.73 Å². The number of rotatable bonds is 1. The fourth-order valence-corrected chi connectivity index (χ4v) is 0.557. The van der Waals surface area contributed by atoms with E-state index < -0.39 is 0 Å². The van der Waals surface area contributed by atoms with Crippen LogP contribution in [0.25, 0.3) is 0 Å². The lowest BCUT2D eigenvalue weighted by atomic mass is 10.2. The van der Waals surface area contributed by atoms with Crippen LogP contribution in [0.4, 0.5) is 0 Å². The molecule has 0 aliphatic rings. The molecule has 1 nitrogen and oxygen atoms in total. The summed E-state index contributed by atoms with van der Waals surface area (Å²) in [4.78, 5) is 0. The largest absolute Gasteiger partial charge is 0.560 e. The first kappa shape index (κ1) is 11.9. The van der Waals surface area contributed by atoms with Crippen LogP contribution in [0.3, 0.4) is 0 Å². The van der Waals surface area contributed by atoms with Gasteiger partial charge in [-0.1, -0.05) is 18.2 Å². The zero-order valence-corrected chi connectivity index (χ0v) is 10.6. The summed E-state index contributed by atoms with van der Waals surface area (Å²) in [7, 11) is 0. The minimum absolute atomic E-state index is 0.0417. The molecule has 0 saturated heterocycles. The van der Waals surface area contributed by atoms with Crippen LogP contribution in [0, 0.1) is 6.07 Å². The van der Waals surface area contributed by atoms with Crippen LogP contribution in [0.1, 0.15) is 5.56 Å². The lowest BCUT2D eigenvalue weighted by Crippen LogP contribution is -1.94. The molecule has 1 rings (SSSR count). The number of hydrogen-bond donors (Lipinski definition) is 1. The van der Waals surface area contributed by atoms with E-state index in [1.165, 1.54) is 0 Å². The minimum atomic E-state index is 0.0417. The quantitative estimate of drug-likeness (QED) is 0.789. The second kappa shape index (κ2) is 9.00. The van der Waals surface area contributed by atoms with Crippen molar-refractivity contribution in [2.24, 2.45) is 5.73 Å². The SMILES string of the molecule is NCc1c[c]ccc1.[Br][Mg][Br]. The number of nitrogens with two attached hydrogens (primary N) is 1. The molecule has 0 heterocycles. The molecule has 0 aliphatic carbocycles.